The number of fused-ring (bicyclic) bond motifs is 1. The number of nitrogens with zero attached hydrogens (tertiary/aromatic N) is 3. The van der Waals surface area contributed by atoms with Gasteiger partial charge < -0.3 is 14.6 Å². The second-order valence-electron chi connectivity index (χ2n) is 5.99. The van der Waals surface area contributed by atoms with Crippen LogP contribution in [0.3, 0.4) is 0 Å². The topological polar surface area (TPSA) is 69.0 Å². The van der Waals surface area contributed by atoms with Crippen molar-refractivity contribution in [3.05, 3.63) is 49.4 Å². The van der Waals surface area contributed by atoms with Gasteiger partial charge in [0.25, 0.3) is 5.56 Å². The maximum absolute atomic E-state index is 12.3. The summed E-state index contributed by atoms with van der Waals surface area (Å²) in [5.41, 5.74) is 0.852. The molecule has 1 N–H and O–H groups in total. The third-order valence-corrected chi connectivity index (χ3v) is 6.22. The number of thiazole rings is 1. The van der Waals surface area contributed by atoms with Gasteiger partial charge in [-0.05, 0) is 18.2 Å². The number of hydrogen-bond acceptors (Lipinski definition) is 6. The monoisotopic (exact) mass is 396 g/mol. The van der Waals surface area contributed by atoms with E-state index in [1.54, 1.807) is 7.05 Å². The molecule has 0 spiro atoms. The van der Waals surface area contributed by atoms with Crippen LogP contribution in [0.15, 0.2) is 29.3 Å². The van der Waals surface area contributed by atoms with E-state index in [0.29, 0.717) is 33.6 Å². The third-order valence-electron chi connectivity index (χ3n) is 4.28. The summed E-state index contributed by atoms with van der Waals surface area (Å²) in [4.78, 5) is 21.0. The molecule has 6 nitrogen and oxygen atoms in total. The Bertz CT molecular complexity index is 992. The van der Waals surface area contributed by atoms with Crippen molar-refractivity contribution in [1.82, 2.24) is 14.5 Å². The van der Waals surface area contributed by atoms with Crippen LogP contribution in [0.25, 0.3) is 10.9 Å². The van der Waals surface area contributed by atoms with Gasteiger partial charge in [-0.2, -0.15) is 0 Å². The standard InChI is InChI=1S/C16H14Cl2N4O2S/c1-22-8-19-11-3-2-9(6-10(11)14(22)23)21-16(4-5-24-7-16)15-20-12(17)13(18)25-15/h2-3,6,8,21H,4-5,7H2,1H3. The van der Waals surface area contributed by atoms with Crippen LogP contribution >= 0.6 is 34.5 Å². The Balaban J connectivity index is 1.77. The van der Waals surface area contributed by atoms with Gasteiger partial charge in [-0.25, -0.2) is 9.97 Å². The molecule has 25 heavy (non-hydrogen) atoms. The van der Waals surface area contributed by atoms with Gasteiger partial charge in [0.1, 0.15) is 14.9 Å². The SMILES string of the molecule is Cn1cnc2ccc(NC3(c4nc(Cl)c(Cl)s4)CCOC3)cc2c1=O. The summed E-state index contributed by atoms with van der Waals surface area (Å²) in [5.74, 6) is 0. The molecule has 3 heterocycles. The van der Waals surface area contributed by atoms with Crippen LogP contribution in [0.2, 0.25) is 9.49 Å². The maximum Gasteiger partial charge on any atom is 0.260 e. The van der Waals surface area contributed by atoms with Crippen LogP contribution in [0, 0.1) is 0 Å². The van der Waals surface area contributed by atoms with Gasteiger partial charge in [-0.3, -0.25) is 4.79 Å². The van der Waals surface area contributed by atoms with Crippen molar-refractivity contribution in [3.63, 3.8) is 0 Å². The number of aromatic nitrogens is 3. The lowest BCUT2D eigenvalue weighted by Gasteiger charge is -2.27. The van der Waals surface area contributed by atoms with Crippen molar-refractivity contribution in [2.75, 3.05) is 18.5 Å². The highest BCUT2D eigenvalue weighted by atomic mass is 35.5. The Morgan fingerprint density at radius 3 is 2.92 bits per heavy atom. The van der Waals surface area contributed by atoms with E-state index in [-0.39, 0.29) is 5.56 Å². The van der Waals surface area contributed by atoms with E-state index in [1.165, 1.54) is 22.2 Å². The minimum Gasteiger partial charge on any atom is -0.378 e. The normalized spacial score (nSPS) is 20.3. The number of nitrogens with one attached hydrogen (secondary N) is 1. The Morgan fingerprint density at radius 2 is 2.24 bits per heavy atom. The van der Waals surface area contributed by atoms with Crippen LogP contribution in [-0.2, 0) is 17.3 Å². The molecule has 1 saturated heterocycles. The van der Waals surface area contributed by atoms with Crippen LogP contribution in [0.4, 0.5) is 5.69 Å². The summed E-state index contributed by atoms with van der Waals surface area (Å²) >= 11 is 13.5. The molecule has 3 aromatic rings. The first kappa shape index (κ1) is 16.8. The van der Waals surface area contributed by atoms with Crippen molar-refractivity contribution in [1.29, 1.82) is 0 Å². The van der Waals surface area contributed by atoms with Crippen molar-refractivity contribution in [3.8, 4) is 0 Å². The van der Waals surface area contributed by atoms with Crippen molar-refractivity contribution >= 4 is 51.1 Å². The summed E-state index contributed by atoms with van der Waals surface area (Å²) < 4.78 is 7.53. The van der Waals surface area contributed by atoms with E-state index >= 15 is 0 Å². The van der Waals surface area contributed by atoms with Crippen LogP contribution < -0.4 is 10.9 Å². The van der Waals surface area contributed by atoms with Gasteiger partial charge in [0, 0.05) is 25.8 Å². The summed E-state index contributed by atoms with van der Waals surface area (Å²) in [6.45, 7) is 1.06. The predicted molar refractivity (Wildman–Crippen MR) is 99.9 cm³/mol. The number of hydrogen-bond donors (Lipinski definition) is 1. The Hall–Kier alpha value is -1.67. The fourth-order valence-electron chi connectivity index (χ4n) is 2.94. The van der Waals surface area contributed by atoms with Crippen molar-refractivity contribution < 1.29 is 4.74 Å². The molecule has 1 aliphatic rings. The molecule has 1 fully saturated rings. The number of benzene rings is 1. The van der Waals surface area contributed by atoms with E-state index in [4.69, 9.17) is 27.9 Å². The molecule has 1 atom stereocenters. The summed E-state index contributed by atoms with van der Waals surface area (Å²) in [6, 6.07) is 5.53. The molecule has 0 saturated carbocycles. The molecular formula is C16H14Cl2N4O2S. The molecule has 130 valence electrons. The van der Waals surface area contributed by atoms with Gasteiger partial charge >= 0.3 is 0 Å². The molecule has 1 unspecified atom stereocenters. The average Bonchev–Trinajstić information content (AvgIpc) is 3.20. The maximum atomic E-state index is 12.3. The molecule has 0 radical (unpaired) electrons. The number of anilines is 1. The minimum absolute atomic E-state index is 0.0919. The van der Waals surface area contributed by atoms with Crippen LogP contribution in [0.1, 0.15) is 11.4 Å². The zero-order valence-corrected chi connectivity index (χ0v) is 15.6. The van der Waals surface area contributed by atoms with Crippen LogP contribution in [0.5, 0.6) is 0 Å². The summed E-state index contributed by atoms with van der Waals surface area (Å²) in [6.07, 6.45) is 2.25. The number of rotatable bonds is 3. The van der Waals surface area contributed by atoms with Gasteiger partial charge in [-0.1, -0.05) is 23.2 Å². The summed E-state index contributed by atoms with van der Waals surface area (Å²) in [7, 11) is 1.68. The quantitative estimate of drug-likeness (QED) is 0.734. The van der Waals surface area contributed by atoms with Crippen molar-refractivity contribution in [2.24, 2.45) is 7.05 Å². The Labute approximate surface area is 157 Å². The molecule has 1 aromatic carbocycles. The first-order valence-corrected chi connectivity index (χ1v) is 9.19. The molecule has 0 aliphatic carbocycles. The van der Waals surface area contributed by atoms with Gasteiger partial charge in [0.2, 0.25) is 0 Å². The first-order chi connectivity index (χ1) is 12.0. The molecule has 0 bridgehead atoms. The molecule has 4 rings (SSSR count). The molecule has 9 heteroatoms. The third kappa shape index (κ3) is 2.91. The number of ether oxygens (including phenoxy) is 1. The van der Waals surface area contributed by atoms with E-state index in [2.05, 4.69) is 15.3 Å². The van der Waals surface area contributed by atoms with Crippen LogP contribution in [-0.4, -0.2) is 27.7 Å². The second kappa shape index (κ2) is 6.25. The fraction of sp³-hybridized carbons (Fsp3) is 0.312. The largest absolute Gasteiger partial charge is 0.378 e. The lowest BCUT2D eigenvalue weighted by atomic mass is 9.99. The summed E-state index contributed by atoms with van der Waals surface area (Å²) in [5, 5.41) is 5.11. The average molecular weight is 397 g/mol. The number of aryl methyl sites for hydroxylation is 1. The lowest BCUT2D eigenvalue weighted by molar-refractivity contribution is 0.182. The van der Waals surface area contributed by atoms with E-state index in [1.807, 2.05) is 18.2 Å². The Morgan fingerprint density at radius 1 is 1.40 bits per heavy atom. The molecule has 1 aliphatic heterocycles. The molecule has 2 aromatic heterocycles. The predicted octanol–water partition coefficient (Wildman–Crippen LogP) is 3.42. The lowest BCUT2D eigenvalue weighted by Crippen LogP contribution is -2.35. The van der Waals surface area contributed by atoms with E-state index in [0.717, 1.165) is 17.1 Å². The second-order valence-corrected chi connectivity index (χ2v) is 7.94. The van der Waals surface area contributed by atoms with Crippen molar-refractivity contribution in [2.45, 2.75) is 12.0 Å². The molecule has 0 amide bonds. The highest BCUT2D eigenvalue weighted by molar-refractivity contribution is 7.16. The van der Waals surface area contributed by atoms with Gasteiger partial charge in [0.05, 0.1) is 23.8 Å². The van der Waals surface area contributed by atoms with Gasteiger partial charge in [0.15, 0.2) is 5.15 Å². The van der Waals surface area contributed by atoms with Gasteiger partial charge in [-0.15, -0.1) is 11.3 Å². The zero-order chi connectivity index (χ0) is 17.6. The number of halogens is 2. The first-order valence-electron chi connectivity index (χ1n) is 7.62. The zero-order valence-electron chi connectivity index (χ0n) is 13.3. The molecular weight excluding hydrogens is 383 g/mol. The fourth-order valence-corrected chi connectivity index (χ4v) is 4.29. The highest BCUT2D eigenvalue weighted by Gasteiger charge is 2.40. The van der Waals surface area contributed by atoms with E-state index in [9.17, 15) is 4.79 Å². The Kier molecular flexibility index (Phi) is 4.19. The minimum atomic E-state index is -0.511. The smallest absolute Gasteiger partial charge is 0.260 e. The van der Waals surface area contributed by atoms with E-state index < -0.39 is 5.54 Å². The highest BCUT2D eigenvalue weighted by Crippen LogP contribution is 2.40.